The van der Waals surface area contributed by atoms with Crippen LogP contribution < -0.4 is 5.32 Å². The van der Waals surface area contributed by atoms with Crippen LogP contribution in [0.4, 0.5) is 13.2 Å². The van der Waals surface area contributed by atoms with Gasteiger partial charge >= 0.3 is 12.1 Å². The van der Waals surface area contributed by atoms with E-state index in [2.05, 4.69) is 5.32 Å². The first-order chi connectivity index (χ1) is 8.85. The van der Waals surface area contributed by atoms with Gasteiger partial charge in [-0.2, -0.15) is 13.2 Å². The van der Waals surface area contributed by atoms with Gasteiger partial charge in [0.25, 0.3) is 0 Å². The van der Waals surface area contributed by atoms with Crippen LogP contribution in [-0.4, -0.2) is 23.2 Å². The van der Waals surface area contributed by atoms with Crippen molar-refractivity contribution in [1.82, 2.24) is 5.32 Å². The van der Waals surface area contributed by atoms with Crippen molar-refractivity contribution in [3.63, 3.8) is 0 Å². The third kappa shape index (κ3) is 2.73. The van der Waals surface area contributed by atoms with E-state index in [-0.39, 0.29) is 12.0 Å². The number of alkyl halides is 3. The van der Waals surface area contributed by atoms with Crippen molar-refractivity contribution in [2.24, 2.45) is 0 Å². The topological polar surface area (TPSA) is 49.3 Å². The van der Waals surface area contributed by atoms with Crippen LogP contribution in [0.5, 0.6) is 0 Å². The predicted octanol–water partition coefficient (Wildman–Crippen LogP) is 2.45. The molecule has 0 saturated carbocycles. The minimum absolute atomic E-state index is 0.0202. The average Bonchev–Trinajstić information content (AvgIpc) is 2.78. The Balaban J connectivity index is 2.35. The van der Waals surface area contributed by atoms with Crippen molar-refractivity contribution < 1.29 is 23.1 Å². The summed E-state index contributed by atoms with van der Waals surface area (Å²) in [6.45, 7) is 0.514. The van der Waals surface area contributed by atoms with E-state index in [0.29, 0.717) is 19.4 Å². The predicted molar refractivity (Wildman–Crippen MR) is 62.8 cm³/mol. The van der Waals surface area contributed by atoms with Crippen molar-refractivity contribution in [2.45, 2.75) is 31.0 Å². The van der Waals surface area contributed by atoms with Crippen LogP contribution in [0.25, 0.3) is 0 Å². The largest absolute Gasteiger partial charge is 0.480 e. The van der Waals surface area contributed by atoms with Gasteiger partial charge in [-0.05, 0) is 31.0 Å². The number of rotatable bonds is 3. The number of benzene rings is 1. The number of carboxylic acid groups (broad SMARTS) is 1. The zero-order valence-corrected chi connectivity index (χ0v) is 10.1. The molecule has 0 aliphatic carbocycles. The fraction of sp³-hybridized carbons (Fsp3) is 0.462. The summed E-state index contributed by atoms with van der Waals surface area (Å²) in [5.41, 5.74) is -2.02. The highest BCUT2D eigenvalue weighted by molar-refractivity contribution is 5.79. The van der Waals surface area contributed by atoms with Gasteiger partial charge in [0.15, 0.2) is 0 Å². The lowest BCUT2D eigenvalue weighted by Gasteiger charge is -2.26. The Morgan fingerprint density at radius 3 is 2.58 bits per heavy atom. The van der Waals surface area contributed by atoms with E-state index in [1.54, 1.807) is 0 Å². The van der Waals surface area contributed by atoms with E-state index < -0.39 is 23.2 Å². The smallest absolute Gasteiger partial charge is 0.416 e. The summed E-state index contributed by atoms with van der Waals surface area (Å²) in [6, 6.07) is 5.13. The van der Waals surface area contributed by atoms with E-state index in [9.17, 15) is 23.1 Å². The number of hydrogen-bond donors (Lipinski definition) is 2. The summed E-state index contributed by atoms with van der Waals surface area (Å²) in [6.07, 6.45) is -3.62. The van der Waals surface area contributed by atoms with E-state index in [1.165, 1.54) is 18.2 Å². The van der Waals surface area contributed by atoms with Crippen molar-refractivity contribution in [2.75, 3.05) is 6.54 Å². The number of nitrogens with one attached hydrogen (secondary N) is 1. The second-order valence-electron chi connectivity index (χ2n) is 4.75. The third-order valence-corrected chi connectivity index (χ3v) is 3.47. The van der Waals surface area contributed by atoms with Crippen LogP contribution in [0.1, 0.15) is 24.0 Å². The highest BCUT2D eigenvalue weighted by Gasteiger charge is 2.43. The molecule has 0 spiro atoms. The first kappa shape index (κ1) is 13.9. The van der Waals surface area contributed by atoms with Crippen LogP contribution in [0, 0.1) is 0 Å². The van der Waals surface area contributed by atoms with Crippen molar-refractivity contribution >= 4 is 5.97 Å². The van der Waals surface area contributed by atoms with Crippen LogP contribution in [0.2, 0.25) is 0 Å². The zero-order valence-electron chi connectivity index (χ0n) is 10.1. The molecule has 1 fully saturated rings. The molecule has 6 heteroatoms. The number of aliphatic carboxylic acids is 1. The lowest BCUT2D eigenvalue weighted by molar-refractivity contribution is -0.145. The second-order valence-corrected chi connectivity index (χ2v) is 4.75. The first-order valence-corrected chi connectivity index (χ1v) is 5.99. The van der Waals surface area contributed by atoms with Gasteiger partial charge in [-0.25, -0.2) is 0 Å². The molecule has 1 aromatic rings. The van der Waals surface area contributed by atoms with Gasteiger partial charge in [-0.1, -0.05) is 18.2 Å². The molecule has 3 nitrogen and oxygen atoms in total. The molecule has 2 N–H and O–H groups in total. The Labute approximate surface area is 108 Å². The van der Waals surface area contributed by atoms with E-state index >= 15 is 0 Å². The number of hydrogen-bond acceptors (Lipinski definition) is 2. The maximum absolute atomic E-state index is 12.9. The summed E-state index contributed by atoms with van der Waals surface area (Å²) in [5, 5.41) is 12.1. The molecule has 0 aromatic heterocycles. The van der Waals surface area contributed by atoms with Gasteiger partial charge in [0.2, 0.25) is 0 Å². The molecular weight excluding hydrogens is 259 g/mol. The Morgan fingerprint density at radius 1 is 1.37 bits per heavy atom. The monoisotopic (exact) mass is 273 g/mol. The van der Waals surface area contributed by atoms with Crippen molar-refractivity contribution in [3.8, 4) is 0 Å². The van der Waals surface area contributed by atoms with Crippen molar-refractivity contribution in [1.29, 1.82) is 0 Å². The maximum atomic E-state index is 12.9. The van der Waals surface area contributed by atoms with E-state index in [0.717, 1.165) is 6.07 Å². The Morgan fingerprint density at radius 2 is 2.05 bits per heavy atom. The molecule has 2 rings (SSSR count). The Hall–Kier alpha value is -1.56. The van der Waals surface area contributed by atoms with Crippen LogP contribution >= 0.6 is 0 Å². The lowest BCUT2D eigenvalue weighted by atomic mass is 9.87. The van der Waals surface area contributed by atoms with Gasteiger partial charge in [-0.15, -0.1) is 0 Å². The van der Waals surface area contributed by atoms with Crippen LogP contribution in [0.15, 0.2) is 24.3 Å². The Kier molecular flexibility index (Phi) is 3.54. The van der Waals surface area contributed by atoms with Gasteiger partial charge < -0.3 is 10.4 Å². The minimum atomic E-state index is -4.46. The maximum Gasteiger partial charge on any atom is 0.416 e. The molecule has 1 heterocycles. The molecule has 19 heavy (non-hydrogen) atoms. The third-order valence-electron chi connectivity index (χ3n) is 3.47. The summed E-state index contributed by atoms with van der Waals surface area (Å²) >= 11 is 0. The molecule has 0 bridgehead atoms. The fourth-order valence-corrected chi connectivity index (χ4v) is 2.49. The Bertz CT molecular complexity index is 479. The second kappa shape index (κ2) is 4.85. The molecule has 1 aliphatic rings. The highest BCUT2D eigenvalue weighted by atomic mass is 19.4. The summed E-state index contributed by atoms with van der Waals surface area (Å²) in [4.78, 5) is 11.3. The summed E-state index contributed by atoms with van der Waals surface area (Å²) in [5.74, 6) is -1.10. The first-order valence-electron chi connectivity index (χ1n) is 5.99. The van der Waals surface area contributed by atoms with Gasteiger partial charge in [0, 0.05) is 6.42 Å². The summed E-state index contributed by atoms with van der Waals surface area (Å²) in [7, 11) is 0. The quantitative estimate of drug-likeness (QED) is 0.889. The van der Waals surface area contributed by atoms with E-state index in [4.69, 9.17) is 0 Å². The minimum Gasteiger partial charge on any atom is -0.480 e. The number of carbonyl (C=O) groups is 1. The van der Waals surface area contributed by atoms with Gasteiger partial charge in [0.1, 0.15) is 5.54 Å². The molecule has 1 unspecified atom stereocenters. The molecule has 1 aliphatic heterocycles. The molecular formula is C13H14F3NO2. The van der Waals surface area contributed by atoms with Crippen molar-refractivity contribution in [3.05, 3.63) is 35.4 Å². The average molecular weight is 273 g/mol. The molecule has 1 saturated heterocycles. The van der Waals surface area contributed by atoms with E-state index in [1.807, 2.05) is 0 Å². The standard InChI is InChI=1S/C13H14F3NO2/c14-13(15,16)10-5-2-1-4-9(10)8-12(11(18)19)6-3-7-17-12/h1-2,4-5,17H,3,6-8H2,(H,18,19). The molecule has 0 radical (unpaired) electrons. The number of halogens is 3. The zero-order chi connectivity index (χ0) is 14.1. The lowest BCUT2D eigenvalue weighted by Crippen LogP contribution is -2.49. The molecule has 104 valence electrons. The van der Waals surface area contributed by atoms with Crippen LogP contribution in [0.3, 0.4) is 0 Å². The highest BCUT2D eigenvalue weighted by Crippen LogP contribution is 2.34. The SMILES string of the molecule is O=C(O)C1(Cc2ccccc2C(F)(F)F)CCCN1. The molecule has 1 aromatic carbocycles. The number of carboxylic acids is 1. The fourth-order valence-electron chi connectivity index (χ4n) is 2.49. The van der Waals surface area contributed by atoms with Gasteiger partial charge in [0.05, 0.1) is 5.56 Å². The molecule has 0 amide bonds. The van der Waals surface area contributed by atoms with Crippen LogP contribution in [-0.2, 0) is 17.4 Å². The normalized spacial score (nSPS) is 23.5. The van der Waals surface area contributed by atoms with Gasteiger partial charge in [-0.3, -0.25) is 4.79 Å². The molecule has 1 atom stereocenters. The summed E-state index contributed by atoms with van der Waals surface area (Å²) < 4.78 is 38.6.